The lowest BCUT2D eigenvalue weighted by atomic mass is 10.1. The Balaban J connectivity index is 2.54. The normalized spacial score (nSPS) is 11.2. The van der Waals surface area contributed by atoms with E-state index in [-0.39, 0.29) is 0 Å². The molecule has 0 amide bonds. The van der Waals surface area contributed by atoms with Gasteiger partial charge in [-0.25, -0.2) is 4.98 Å². The molecule has 1 heterocycles. The second-order valence-electron chi connectivity index (χ2n) is 9.01. The molecule has 0 aromatic carbocycles. The molecule has 0 saturated heterocycles. The minimum Gasteiger partial charge on any atom is -0.355 e. The summed E-state index contributed by atoms with van der Waals surface area (Å²) < 4.78 is 0. The quantitative estimate of drug-likeness (QED) is 0.188. The fourth-order valence-corrected chi connectivity index (χ4v) is 4.19. The molecule has 0 aliphatic rings. The first-order chi connectivity index (χ1) is 14.8. The maximum absolute atomic E-state index is 4.81. The van der Waals surface area contributed by atoms with Crippen LogP contribution in [0.1, 0.15) is 136 Å². The second-order valence-corrected chi connectivity index (χ2v) is 9.01. The molecule has 30 heavy (non-hydrogen) atoms. The molecular formula is C27H51N3. The largest absolute Gasteiger partial charge is 0.355 e. The molecule has 3 heteroatoms. The summed E-state index contributed by atoms with van der Waals surface area (Å²) in [4.78, 5) is 12.1. The van der Waals surface area contributed by atoms with Crippen molar-refractivity contribution < 1.29 is 0 Å². The molecule has 0 saturated carbocycles. The van der Waals surface area contributed by atoms with Gasteiger partial charge in [-0.15, -0.1) is 0 Å². The summed E-state index contributed by atoms with van der Waals surface area (Å²) in [5.74, 6) is 1.17. The van der Waals surface area contributed by atoms with Crippen molar-refractivity contribution in [2.45, 2.75) is 136 Å². The van der Waals surface area contributed by atoms with E-state index < -0.39 is 0 Å². The smallest absolute Gasteiger partial charge is 0.150 e. The first kappa shape index (κ1) is 26.9. The Morgan fingerprint density at radius 2 is 0.967 bits per heavy atom. The number of hydrogen-bond acceptors (Lipinski definition) is 3. The molecule has 0 atom stereocenters. The van der Waals surface area contributed by atoms with Crippen LogP contribution in [0.5, 0.6) is 0 Å². The predicted molar refractivity (Wildman–Crippen MR) is 133 cm³/mol. The number of anilines is 1. The second kappa shape index (κ2) is 19.8. The van der Waals surface area contributed by atoms with Crippen molar-refractivity contribution >= 4 is 5.82 Å². The highest BCUT2D eigenvalue weighted by molar-refractivity contribution is 5.43. The summed E-state index contributed by atoms with van der Waals surface area (Å²) in [5.41, 5.74) is 1.23. The summed E-state index contributed by atoms with van der Waals surface area (Å²) in [7, 11) is 0. The van der Waals surface area contributed by atoms with Gasteiger partial charge in [0.15, 0.2) is 0 Å². The van der Waals surface area contributed by atoms with E-state index in [0.29, 0.717) is 0 Å². The van der Waals surface area contributed by atoms with Crippen molar-refractivity contribution in [1.29, 1.82) is 0 Å². The van der Waals surface area contributed by atoms with Gasteiger partial charge in [-0.1, -0.05) is 111 Å². The van der Waals surface area contributed by atoms with Crippen LogP contribution in [0.3, 0.4) is 0 Å². The highest BCUT2D eigenvalue weighted by atomic mass is 15.2. The molecule has 0 unspecified atom stereocenters. The average Bonchev–Trinajstić information content (AvgIpc) is 2.77. The van der Waals surface area contributed by atoms with Crippen LogP contribution in [0.15, 0.2) is 12.4 Å². The van der Waals surface area contributed by atoms with Crippen molar-refractivity contribution in [3.05, 3.63) is 18.1 Å². The monoisotopic (exact) mass is 417 g/mol. The number of rotatable bonds is 21. The maximum atomic E-state index is 4.81. The number of nitrogens with zero attached hydrogens (tertiary/aromatic N) is 3. The van der Waals surface area contributed by atoms with Crippen LogP contribution >= 0.6 is 0 Å². The van der Waals surface area contributed by atoms with Crippen molar-refractivity contribution in [2.75, 3.05) is 18.0 Å². The fourth-order valence-electron chi connectivity index (χ4n) is 4.19. The van der Waals surface area contributed by atoms with Crippen LogP contribution in [-0.2, 0) is 6.42 Å². The van der Waals surface area contributed by atoms with E-state index in [9.17, 15) is 0 Å². The lowest BCUT2D eigenvalue weighted by Crippen LogP contribution is -2.28. The van der Waals surface area contributed by atoms with Gasteiger partial charge in [0.1, 0.15) is 5.82 Å². The van der Waals surface area contributed by atoms with E-state index in [1.807, 2.05) is 12.4 Å². The van der Waals surface area contributed by atoms with Gasteiger partial charge in [0.2, 0.25) is 0 Å². The highest BCUT2D eigenvalue weighted by Gasteiger charge is 2.13. The van der Waals surface area contributed by atoms with Gasteiger partial charge in [0.05, 0.1) is 5.69 Å². The first-order valence-corrected chi connectivity index (χ1v) is 13.4. The Bertz CT molecular complexity index is 489. The lowest BCUT2D eigenvalue weighted by Gasteiger charge is -2.25. The average molecular weight is 418 g/mol. The minimum absolute atomic E-state index is 1.08. The Labute approximate surface area is 188 Å². The molecule has 0 aliphatic carbocycles. The molecule has 3 nitrogen and oxygen atoms in total. The molecule has 0 aliphatic heterocycles. The summed E-state index contributed by atoms with van der Waals surface area (Å²) in [6.45, 7) is 9.14. The van der Waals surface area contributed by atoms with Gasteiger partial charge in [-0.2, -0.15) is 0 Å². The van der Waals surface area contributed by atoms with E-state index in [0.717, 1.165) is 19.5 Å². The number of aryl methyl sites for hydroxylation is 1. The summed E-state index contributed by atoms with van der Waals surface area (Å²) in [5, 5.41) is 0. The van der Waals surface area contributed by atoms with Gasteiger partial charge >= 0.3 is 0 Å². The van der Waals surface area contributed by atoms with Gasteiger partial charge in [0.25, 0.3) is 0 Å². The van der Waals surface area contributed by atoms with Crippen molar-refractivity contribution in [2.24, 2.45) is 0 Å². The van der Waals surface area contributed by atoms with E-state index in [1.165, 1.54) is 121 Å². The zero-order valence-corrected chi connectivity index (χ0v) is 20.6. The Morgan fingerprint density at radius 1 is 0.533 bits per heavy atom. The van der Waals surface area contributed by atoms with E-state index >= 15 is 0 Å². The third kappa shape index (κ3) is 13.2. The fraction of sp³-hybridized carbons (Fsp3) is 0.852. The highest BCUT2D eigenvalue weighted by Crippen LogP contribution is 2.20. The van der Waals surface area contributed by atoms with Crippen LogP contribution in [0, 0.1) is 0 Å². The number of unbranched alkanes of at least 4 members (excludes halogenated alkanes) is 14. The van der Waals surface area contributed by atoms with Crippen molar-refractivity contribution in [3.8, 4) is 0 Å². The van der Waals surface area contributed by atoms with Crippen LogP contribution in [-0.4, -0.2) is 23.1 Å². The molecule has 1 aromatic heterocycles. The van der Waals surface area contributed by atoms with Crippen LogP contribution in [0.25, 0.3) is 0 Å². The van der Waals surface area contributed by atoms with Crippen LogP contribution in [0.4, 0.5) is 5.82 Å². The topological polar surface area (TPSA) is 29.0 Å². The van der Waals surface area contributed by atoms with Crippen molar-refractivity contribution in [1.82, 2.24) is 9.97 Å². The molecule has 0 radical (unpaired) electrons. The molecule has 0 spiro atoms. The summed E-state index contributed by atoms with van der Waals surface area (Å²) in [6.07, 6.45) is 27.7. The summed E-state index contributed by atoms with van der Waals surface area (Å²) >= 11 is 0. The van der Waals surface area contributed by atoms with Gasteiger partial charge < -0.3 is 4.90 Å². The van der Waals surface area contributed by atoms with Crippen LogP contribution in [0.2, 0.25) is 0 Å². The zero-order valence-electron chi connectivity index (χ0n) is 20.6. The molecule has 0 fully saturated rings. The Kier molecular flexibility index (Phi) is 17.8. The Morgan fingerprint density at radius 3 is 1.53 bits per heavy atom. The van der Waals surface area contributed by atoms with E-state index in [4.69, 9.17) is 9.97 Å². The predicted octanol–water partition coefficient (Wildman–Crippen LogP) is 8.52. The van der Waals surface area contributed by atoms with Gasteiger partial charge in [0, 0.05) is 25.5 Å². The van der Waals surface area contributed by atoms with E-state index in [1.54, 1.807) is 0 Å². The summed E-state index contributed by atoms with van der Waals surface area (Å²) in [6, 6.07) is 0. The molecule has 0 bridgehead atoms. The Hall–Kier alpha value is -1.12. The molecule has 174 valence electrons. The zero-order chi connectivity index (χ0) is 21.7. The van der Waals surface area contributed by atoms with Crippen LogP contribution < -0.4 is 4.90 Å². The number of aromatic nitrogens is 2. The standard InChI is InChI=1S/C27H51N3/c1-4-7-10-13-15-16-18-21-26-27(29-23-22-28-26)30(24-19-12-9-6-3)25-20-17-14-11-8-5-2/h22-23H,4-21,24-25H2,1-3H3. The minimum atomic E-state index is 1.08. The molecule has 1 aromatic rings. The van der Waals surface area contributed by atoms with Gasteiger partial charge in [-0.05, 0) is 25.7 Å². The lowest BCUT2D eigenvalue weighted by molar-refractivity contribution is 0.576. The SMILES string of the molecule is CCCCCCCCCc1nccnc1N(CCCCCC)CCCCCCCC. The third-order valence-corrected chi connectivity index (χ3v) is 6.13. The van der Waals surface area contributed by atoms with E-state index in [2.05, 4.69) is 25.7 Å². The molecular weight excluding hydrogens is 366 g/mol. The first-order valence-electron chi connectivity index (χ1n) is 13.4. The van der Waals surface area contributed by atoms with Gasteiger partial charge in [-0.3, -0.25) is 4.98 Å². The number of hydrogen-bond donors (Lipinski definition) is 0. The van der Waals surface area contributed by atoms with Crippen molar-refractivity contribution in [3.63, 3.8) is 0 Å². The third-order valence-electron chi connectivity index (χ3n) is 6.13. The molecule has 1 rings (SSSR count). The molecule has 0 N–H and O–H groups in total. The maximum Gasteiger partial charge on any atom is 0.150 e.